The van der Waals surface area contributed by atoms with Gasteiger partial charge in [-0.15, -0.1) is 0 Å². The molecule has 2 N–H and O–H groups in total. The first-order chi connectivity index (χ1) is 7.06. The fourth-order valence-corrected chi connectivity index (χ4v) is 1.27. The number of nitrogens with zero attached hydrogens (tertiary/aromatic N) is 3. The zero-order valence-corrected chi connectivity index (χ0v) is 9.32. The lowest BCUT2D eigenvalue weighted by atomic mass is 10.2. The molecule has 0 saturated carbocycles. The standard InChI is InChI=1S/C10H16N4O/c1-7-6-9(8(2)13-12-7)10(15)14(3)5-4-11/h6H,4-5,11H2,1-3H3. The summed E-state index contributed by atoms with van der Waals surface area (Å²) >= 11 is 0. The van der Waals surface area contributed by atoms with E-state index in [1.54, 1.807) is 24.9 Å². The Morgan fingerprint density at radius 3 is 2.73 bits per heavy atom. The predicted octanol–water partition coefficient (Wildman–Crippen LogP) is 0.124. The minimum absolute atomic E-state index is 0.0593. The van der Waals surface area contributed by atoms with Gasteiger partial charge in [-0.1, -0.05) is 0 Å². The van der Waals surface area contributed by atoms with Crippen LogP contribution < -0.4 is 5.73 Å². The molecule has 0 spiro atoms. The summed E-state index contributed by atoms with van der Waals surface area (Å²) in [6.45, 7) is 4.58. The van der Waals surface area contributed by atoms with Crippen molar-refractivity contribution in [2.24, 2.45) is 5.73 Å². The van der Waals surface area contributed by atoms with Crippen LogP contribution in [-0.2, 0) is 0 Å². The van der Waals surface area contributed by atoms with Gasteiger partial charge in [-0.2, -0.15) is 10.2 Å². The van der Waals surface area contributed by atoms with Gasteiger partial charge in [-0.25, -0.2) is 0 Å². The minimum atomic E-state index is -0.0593. The van der Waals surface area contributed by atoms with E-state index in [-0.39, 0.29) is 5.91 Å². The number of carbonyl (C=O) groups is 1. The van der Waals surface area contributed by atoms with Crippen molar-refractivity contribution in [3.05, 3.63) is 23.0 Å². The van der Waals surface area contributed by atoms with E-state index in [0.29, 0.717) is 24.3 Å². The highest BCUT2D eigenvalue weighted by atomic mass is 16.2. The van der Waals surface area contributed by atoms with Crippen LogP contribution in [0, 0.1) is 13.8 Å². The lowest BCUT2D eigenvalue weighted by Crippen LogP contribution is -2.32. The molecule has 0 bridgehead atoms. The van der Waals surface area contributed by atoms with Crippen LogP contribution in [0.1, 0.15) is 21.7 Å². The van der Waals surface area contributed by atoms with Crippen LogP contribution >= 0.6 is 0 Å². The molecule has 0 radical (unpaired) electrons. The van der Waals surface area contributed by atoms with E-state index in [1.807, 2.05) is 6.92 Å². The number of carbonyl (C=O) groups excluding carboxylic acids is 1. The fourth-order valence-electron chi connectivity index (χ4n) is 1.27. The fraction of sp³-hybridized carbons (Fsp3) is 0.500. The van der Waals surface area contributed by atoms with Gasteiger partial charge >= 0.3 is 0 Å². The minimum Gasteiger partial charge on any atom is -0.340 e. The van der Waals surface area contributed by atoms with Crippen LogP contribution in [0.15, 0.2) is 6.07 Å². The second kappa shape index (κ2) is 4.84. The van der Waals surface area contributed by atoms with Gasteiger partial charge in [0.25, 0.3) is 5.91 Å². The Hall–Kier alpha value is -1.49. The van der Waals surface area contributed by atoms with Crippen LogP contribution in [0.5, 0.6) is 0 Å². The zero-order valence-electron chi connectivity index (χ0n) is 9.32. The third-order valence-corrected chi connectivity index (χ3v) is 2.14. The maximum Gasteiger partial charge on any atom is 0.255 e. The average Bonchev–Trinajstić information content (AvgIpc) is 2.21. The van der Waals surface area contributed by atoms with Gasteiger partial charge in [0.2, 0.25) is 0 Å². The van der Waals surface area contributed by atoms with Gasteiger partial charge in [-0.05, 0) is 19.9 Å². The molecular formula is C10H16N4O. The molecule has 82 valence electrons. The van der Waals surface area contributed by atoms with E-state index < -0.39 is 0 Å². The molecule has 0 atom stereocenters. The van der Waals surface area contributed by atoms with Crippen LogP contribution in [0.2, 0.25) is 0 Å². The second-order valence-corrected chi connectivity index (χ2v) is 3.50. The van der Waals surface area contributed by atoms with E-state index in [0.717, 1.165) is 5.69 Å². The Morgan fingerprint density at radius 2 is 2.13 bits per heavy atom. The number of aryl methyl sites for hydroxylation is 2. The van der Waals surface area contributed by atoms with Crippen LogP contribution in [0.4, 0.5) is 0 Å². The van der Waals surface area contributed by atoms with Gasteiger partial charge in [-0.3, -0.25) is 4.79 Å². The summed E-state index contributed by atoms with van der Waals surface area (Å²) in [7, 11) is 1.73. The summed E-state index contributed by atoms with van der Waals surface area (Å²) in [4.78, 5) is 13.5. The number of rotatable bonds is 3. The third kappa shape index (κ3) is 2.73. The van der Waals surface area contributed by atoms with Crippen molar-refractivity contribution in [2.75, 3.05) is 20.1 Å². The van der Waals surface area contributed by atoms with Crippen molar-refractivity contribution in [2.45, 2.75) is 13.8 Å². The Labute approximate surface area is 89.3 Å². The molecule has 0 aliphatic rings. The maximum absolute atomic E-state index is 11.9. The molecule has 0 aromatic carbocycles. The third-order valence-electron chi connectivity index (χ3n) is 2.14. The Bertz CT molecular complexity index is 364. The van der Waals surface area contributed by atoms with Gasteiger partial charge in [0.1, 0.15) is 0 Å². The van der Waals surface area contributed by atoms with E-state index in [1.165, 1.54) is 0 Å². The highest BCUT2D eigenvalue weighted by Gasteiger charge is 2.14. The smallest absolute Gasteiger partial charge is 0.255 e. The highest BCUT2D eigenvalue weighted by molar-refractivity contribution is 5.95. The molecule has 0 unspecified atom stereocenters. The zero-order chi connectivity index (χ0) is 11.4. The number of likely N-dealkylation sites (N-methyl/N-ethyl adjacent to an activating group) is 1. The lowest BCUT2D eigenvalue weighted by molar-refractivity contribution is 0.0797. The van der Waals surface area contributed by atoms with Crippen molar-refractivity contribution in [1.82, 2.24) is 15.1 Å². The summed E-state index contributed by atoms with van der Waals surface area (Å²) in [5.41, 5.74) is 7.38. The number of amides is 1. The SMILES string of the molecule is Cc1cc(C(=O)N(C)CCN)c(C)nn1. The summed E-state index contributed by atoms with van der Waals surface area (Å²) in [6.07, 6.45) is 0. The summed E-state index contributed by atoms with van der Waals surface area (Å²) in [5.74, 6) is -0.0593. The molecule has 1 rings (SSSR count). The number of hydrogen-bond donors (Lipinski definition) is 1. The molecule has 1 amide bonds. The molecule has 0 aliphatic heterocycles. The molecule has 1 aromatic rings. The topological polar surface area (TPSA) is 72.1 Å². The second-order valence-electron chi connectivity index (χ2n) is 3.50. The maximum atomic E-state index is 11.9. The van der Waals surface area contributed by atoms with E-state index in [4.69, 9.17) is 5.73 Å². The molecular weight excluding hydrogens is 192 g/mol. The molecule has 5 heteroatoms. The van der Waals surface area contributed by atoms with Crippen molar-refractivity contribution in [3.8, 4) is 0 Å². The molecule has 0 aliphatic carbocycles. The Balaban J connectivity index is 2.95. The summed E-state index contributed by atoms with van der Waals surface area (Å²) in [5, 5.41) is 7.80. The van der Waals surface area contributed by atoms with Crippen molar-refractivity contribution in [3.63, 3.8) is 0 Å². The summed E-state index contributed by atoms with van der Waals surface area (Å²) in [6, 6.07) is 1.75. The van der Waals surface area contributed by atoms with Crippen molar-refractivity contribution >= 4 is 5.91 Å². The molecule has 15 heavy (non-hydrogen) atoms. The monoisotopic (exact) mass is 208 g/mol. The van der Waals surface area contributed by atoms with Gasteiger partial charge in [0.05, 0.1) is 17.0 Å². The van der Waals surface area contributed by atoms with Crippen molar-refractivity contribution < 1.29 is 4.79 Å². The van der Waals surface area contributed by atoms with E-state index in [2.05, 4.69) is 10.2 Å². The number of nitrogens with two attached hydrogens (primary N) is 1. The largest absolute Gasteiger partial charge is 0.340 e. The Morgan fingerprint density at radius 1 is 1.47 bits per heavy atom. The van der Waals surface area contributed by atoms with Gasteiger partial charge in [0.15, 0.2) is 0 Å². The normalized spacial score (nSPS) is 10.1. The first-order valence-electron chi connectivity index (χ1n) is 4.82. The van der Waals surface area contributed by atoms with Crippen LogP contribution in [-0.4, -0.2) is 41.1 Å². The number of aromatic nitrogens is 2. The predicted molar refractivity (Wildman–Crippen MR) is 57.5 cm³/mol. The van der Waals surface area contributed by atoms with E-state index in [9.17, 15) is 4.79 Å². The lowest BCUT2D eigenvalue weighted by Gasteiger charge is -2.16. The summed E-state index contributed by atoms with van der Waals surface area (Å²) < 4.78 is 0. The molecule has 5 nitrogen and oxygen atoms in total. The van der Waals surface area contributed by atoms with E-state index >= 15 is 0 Å². The average molecular weight is 208 g/mol. The number of hydrogen-bond acceptors (Lipinski definition) is 4. The van der Waals surface area contributed by atoms with Gasteiger partial charge in [0, 0.05) is 20.1 Å². The quantitative estimate of drug-likeness (QED) is 0.766. The molecule has 1 heterocycles. The molecule has 1 aromatic heterocycles. The Kier molecular flexibility index (Phi) is 3.74. The van der Waals surface area contributed by atoms with Crippen molar-refractivity contribution in [1.29, 1.82) is 0 Å². The highest BCUT2D eigenvalue weighted by Crippen LogP contribution is 2.07. The van der Waals surface area contributed by atoms with Crippen LogP contribution in [0.3, 0.4) is 0 Å². The first-order valence-corrected chi connectivity index (χ1v) is 4.82. The van der Waals surface area contributed by atoms with Gasteiger partial charge < -0.3 is 10.6 Å². The molecule has 0 fully saturated rings. The van der Waals surface area contributed by atoms with Crippen LogP contribution in [0.25, 0.3) is 0 Å². The molecule has 0 saturated heterocycles. The first kappa shape index (κ1) is 11.6.